The molecule has 0 saturated carbocycles. The van der Waals surface area contributed by atoms with Gasteiger partial charge in [0.1, 0.15) is 12.4 Å². The van der Waals surface area contributed by atoms with Crippen LogP contribution in [0.3, 0.4) is 0 Å². The van der Waals surface area contributed by atoms with E-state index in [-0.39, 0.29) is 18.7 Å². The van der Waals surface area contributed by atoms with E-state index in [1.54, 1.807) is 16.2 Å². The van der Waals surface area contributed by atoms with Gasteiger partial charge in [0.05, 0.1) is 23.9 Å². The largest absolute Gasteiger partial charge is 0.494 e. The van der Waals surface area contributed by atoms with Gasteiger partial charge >= 0.3 is 6.09 Å². The van der Waals surface area contributed by atoms with Crippen molar-refractivity contribution in [2.75, 3.05) is 24.6 Å². The van der Waals surface area contributed by atoms with E-state index in [4.69, 9.17) is 9.47 Å². The van der Waals surface area contributed by atoms with E-state index in [0.717, 1.165) is 54.9 Å². The second-order valence-corrected chi connectivity index (χ2v) is 10.6. The number of fused-ring (bicyclic) bond motifs is 1. The number of carbonyl (C=O) groups is 1. The van der Waals surface area contributed by atoms with Gasteiger partial charge in [-0.2, -0.15) is 0 Å². The highest BCUT2D eigenvalue weighted by Crippen LogP contribution is 2.38. The number of hydrogen-bond acceptors (Lipinski definition) is 6. The minimum absolute atomic E-state index is 0.127. The molecule has 36 heavy (non-hydrogen) atoms. The zero-order valence-electron chi connectivity index (χ0n) is 21.0. The SMILES string of the molecule is CC1CCCN1CCCOc1ccc(N(C(=O)OCc2ccccc2)C2CCCc3scnc32)cc1. The number of carbonyl (C=O) groups excluding carboxylic acids is 1. The number of ether oxygens (including phenoxy) is 2. The monoisotopic (exact) mass is 505 g/mol. The summed E-state index contributed by atoms with van der Waals surface area (Å²) in [4.78, 5) is 23.7. The number of aromatic nitrogens is 1. The Labute approximate surface area is 217 Å². The van der Waals surface area contributed by atoms with E-state index < -0.39 is 0 Å². The molecule has 1 aliphatic carbocycles. The molecule has 5 rings (SSSR count). The Bertz CT molecular complexity index is 1120. The van der Waals surface area contributed by atoms with E-state index in [2.05, 4.69) is 16.8 Å². The van der Waals surface area contributed by atoms with Gasteiger partial charge in [-0.1, -0.05) is 30.3 Å². The summed E-state index contributed by atoms with van der Waals surface area (Å²) in [5, 5.41) is 0. The molecular formula is C29H35N3O3S. The molecule has 0 bridgehead atoms. The van der Waals surface area contributed by atoms with Crippen molar-refractivity contribution >= 4 is 23.1 Å². The smallest absolute Gasteiger partial charge is 0.415 e. The van der Waals surface area contributed by atoms with Crippen LogP contribution in [0.2, 0.25) is 0 Å². The molecule has 7 heteroatoms. The van der Waals surface area contributed by atoms with E-state index in [1.807, 2.05) is 60.1 Å². The van der Waals surface area contributed by atoms with Crippen LogP contribution in [0.5, 0.6) is 5.75 Å². The van der Waals surface area contributed by atoms with Gasteiger partial charge in [0.2, 0.25) is 0 Å². The summed E-state index contributed by atoms with van der Waals surface area (Å²) in [7, 11) is 0. The number of aryl methyl sites for hydroxylation is 1. The fourth-order valence-corrected chi connectivity index (χ4v) is 6.13. The van der Waals surface area contributed by atoms with Crippen LogP contribution in [0.4, 0.5) is 10.5 Å². The van der Waals surface area contributed by atoms with Crippen molar-refractivity contribution in [3.8, 4) is 5.75 Å². The summed E-state index contributed by atoms with van der Waals surface area (Å²) in [5.74, 6) is 0.823. The number of nitrogens with zero attached hydrogens (tertiary/aromatic N) is 3. The van der Waals surface area contributed by atoms with Crippen molar-refractivity contribution in [3.05, 3.63) is 76.2 Å². The fourth-order valence-electron chi connectivity index (χ4n) is 5.27. The molecule has 1 aliphatic heterocycles. The van der Waals surface area contributed by atoms with E-state index >= 15 is 0 Å². The Morgan fingerprint density at radius 3 is 2.72 bits per heavy atom. The third-order valence-corrected chi connectivity index (χ3v) is 8.16. The van der Waals surface area contributed by atoms with Gasteiger partial charge in [0.15, 0.2) is 0 Å². The van der Waals surface area contributed by atoms with Gasteiger partial charge in [-0.25, -0.2) is 9.78 Å². The zero-order chi connectivity index (χ0) is 24.7. The van der Waals surface area contributed by atoms with Crippen molar-refractivity contribution in [1.29, 1.82) is 0 Å². The van der Waals surface area contributed by atoms with Crippen LogP contribution in [0.15, 0.2) is 60.1 Å². The van der Waals surface area contributed by atoms with Crippen molar-refractivity contribution in [2.45, 2.75) is 64.1 Å². The fraction of sp³-hybridized carbons (Fsp3) is 0.448. The van der Waals surface area contributed by atoms with Gasteiger partial charge in [0, 0.05) is 23.2 Å². The average Bonchev–Trinajstić information content (AvgIpc) is 3.56. The highest BCUT2D eigenvalue weighted by molar-refractivity contribution is 7.09. The van der Waals surface area contributed by atoms with Crippen molar-refractivity contribution < 1.29 is 14.3 Å². The first-order valence-corrected chi connectivity index (χ1v) is 14.0. The van der Waals surface area contributed by atoms with E-state index in [0.29, 0.717) is 12.6 Å². The molecule has 2 unspecified atom stereocenters. The Morgan fingerprint density at radius 2 is 1.94 bits per heavy atom. The summed E-state index contributed by atoms with van der Waals surface area (Å²) < 4.78 is 11.8. The molecule has 190 valence electrons. The molecule has 1 amide bonds. The number of rotatable bonds is 9. The van der Waals surface area contributed by atoms with E-state index in [9.17, 15) is 4.79 Å². The predicted octanol–water partition coefficient (Wildman–Crippen LogP) is 6.62. The quantitative estimate of drug-likeness (QED) is 0.306. The summed E-state index contributed by atoms with van der Waals surface area (Å²) in [6.07, 6.45) is 6.18. The van der Waals surface area contributed by atoms with Gasteiger partial charge in [0.25, 0.3) is 0 Å². The number of likely N-dealkylation sites (tertiary alicyclic amines) is 1. The molecule has 2 atom stereocenters. The van der Waals surface area contributed by atoms with Crippen molar-refractivity contribution in [3.63, 3.8) is 0 Å². The Balaban J connectivity index is 1.26. The molecule has 2 heterocycles. The lowest BCUT2D eigenvalue weighted by molar-refractivity contribution is 0.143. The second kappa shape index (κ2) is 11.9. The molecule has 0 radical (unpaired) electrons. The molecule has 0 spiro atoms. The lowest BCUT2D eigenvalue weighted by atomic mass is 9.96. The standard InChI is InChI=1S/C29H35N3O3S/c1-22-8-6-17-31(22)18-7-19-34-25-15-13-24(14-16-25)32(26-11-5-12-27-28(26)30-21-36-27)29(33)35-20-23-9-3-2-4-10-23/h2-4,9-10,13-16,21-22,26H,5-8,11-12,17-20H2,1H3. The maximum absolute atomic E-state index is 13.4. The first-order valence-electron chi connectivity index (χ1n) is 13.1. The van der Waals surface area contributed by atoms with Crippen LogP contribution in [-0.2, 0) is 17.8 Å². The molecule has 2 aromatic carbocycles. The molecule has 1 saturated heterocycles. The Morgan fingerprint density at radius 1 is 1.11 bits per heavy atom. The molecule has 0 N–H and O–H groups in total. The normalized spacial score (nSPS) is 19.6. The third kappa shape index (κ3) is 5.90. The van der Waals surface area contributed by atoms with Crippen molar-refractivity contribution in [2.24, 2.45) is 0 Å². The molecule has 3 aromatic rings. The van der Waals surface area contributed by atoms with Gasteiger partial charge < -0.3 is 14.4 Å². The van der Waals surface area contributed by atoms with Crippen molar-refractivity contribution in [1.82, 2.24) is 9.88 Å². The van der Waals surface area contributed by atoms with Gasteiger partial charge in [-0.05, 0) is 81.8 Å². The lowest BCUT2D eigenvalue weighted by Gasteiger charge is -2.33. The van der Waals surface area contributed by atoms with Crippen LogP contribution >= 0.6 is 11.3 Å². The minimum Gasteiger partial charge on any atom is -0.494 e. The van der Waals surface area contributed by atoms with E-state index in [1.165, 1.54) is 24.3 Å². The second-order valence-electron chi connectivity index (χ2n) is 9.70. The molecular weight excluding hydrogens is 470 g/mol. The third-order valence-electron chi connectivity index (χ3n) is 7.25. The summed E-state index contributed by atoms with van der Waals surface area (Å²) >= 11 is 1.67. The summed E-state index contributed by atoms with van der Waals surface area (Å²) in [5.41, 5.74) is 4.66. The average molecular weight is 506 g/mol. The lowest BCUT2D eigenvalue weighted by Crippen LogP contribution is -2.37. The highest BCUT2D eigenvalue weighted by atomic mass is 32.1. The summed E-state index contributed by atoms with van der Waals surface area (Å²) in [6, 6.07) is 18.2. The van der Waals surface area contributed by atoms with Gasteiger partial charge in [-0.3, -0.25) is 4.90 Å². The Hall–Kier alpha value is -2.90. The predicted molar refractivity (Wildman–Crippen MR) is 144 cm³/mol. The number of amides is 1. The summed E-state index contributed by atoms with van der Waals surface area (Å²) in [6.45, 7) is 5.52. The van der Waals surface area contributed by atoms with Crippen LogP contribution in [0.1, 0.15) is 61.2 Å². The van der Waals surface area contributed by atoms with Gasteiger partial charge in [-0.15, -0.1) is 11.3 Å². The number of thiazole rings is 1. The maximum atomic E-state index is 13.4. The minimum atomic E-state index is -0.349. The van der Waals surface area contributed by atoms with Crippen LogP contribution in [0.25, 0.3) is 0 Å². The molecule has 6 nitrogen and oxygen atoms in total. The highest BCUT2D eigenvalue weighted by Gasteiger charge is 2.33. The number of anilines is 1. The molecule has 1 aromatic heterocycles. The first kappa shape index (κ1) is 24.8. The topological polar surface area (TPSA) is 54.9 Å². The molecule has 2 aliphatic rings. The van der Waals surface area contributed by atoms with Crippen LogP contribution in [0, 0.1) is 0 Å². The molecule has 1 fully saturated rings. The zero-order valence-corrected chi connectivity index (χ0v) is 21.8. The Kier molecular flexibility index (Phi) is 8.18. The van der Waals surface area contributed by atoms with Crippen LogP contribution < -0.4 is 9.64 Å². The van der Waals surface area contributed by atoms with Crippen LogP contribution in [-0.4, -0.2) is 41.7 Å². The number of benzene rings is 2. The number of hydrogen-bond donors (Lipinski definition) is 0. The maximum Gasteiger partial charge on any atom is 0.415 e. The first-order chi connectivity index (χ1) is 17.7.